The zero-order valence-electron chi connectivity index (χ0n) is 15.2. The molecule has 1 aliphatic rings. The third-order valence-corrected chi connectivity index (χ3v) is 4.92. The number of nitrogens with zero attached hydrogens (tertiary/aromatic N) is 1. The van der Waals surface area contributed by atoms with Gasteiger partial charge in [-0.15, -0.1) is 0 Å². The molecule has 0 spiro atoms. The lowest BCUT2D eigenvalue weighted by Gasteiger charge is -2.18. The first-order valence-corrected chi connectivity index (χ1v) is 8.80. The van der Waals surface area contributed by atoms with Crippen LogP contribution in [-0.4, -0.2) is 42.7 Å². The van der Waals surface area contributed by atoms with Gasteiger partial charge in [-0.3, -0.25) is 9.59 Å². The second kappa shape index (κ2) is 7.77. The monoisotopic (exact) mass is 375 g/mol. The number of fused-ring (bicyclic) bond motifs is 1. The molecule has 3 rings (SSSR count). The van der Waals surface area contributed by atoms with E-state index in [1.165, 1.54) is 7.11 Å². The largest absolute Gasteiger partial charge is 0.496 e. The summed E-state index contributed by atoms with van der Waals surface area (Å²) >= 11 is 0. The molecule has 1 fully saturated rings. The average molecular weight is 375 g/mol. The maximum absolute atomic E-state index is 13.9. The van der Waals surface area contributed by atoms with E-state index in [0.717, 1.165) is 5.39 Å². The fourth-order valence-electron chi connectivity index (χ4n) is 3.48. The van der Waals surface area contributed by atoms with Crippen LogP contribution in [0, 0.1) is 5.92 Å². The van der Waals surface area contributed by atoms with E-state index in [1.807, 2.05) is 6.92 Å². The van der Waals surface area contributed by atoms with Crippen LogP contribution in [0.1, 0.15) is 30.1 Å². The fourth-order valence-corrected chi connectivity index (χ4v) is 3.48. The SMILES string of the molecule is CC[C@H]1[C@@H](CCOc2nccc3cc(C(N)=O)c(OC)cc23)NC(=O)[C@@H]1F. The minimum atomic E-state index is -1.47. The van der Waals surface area contributed by atoms with E-state index < -0.39 is 18.0 Å². The molecule has 0 unspecified atom stereocenters. The quantitative estimate of drug-likeness (QED) is 0.770. The highest BCUT2D eigenvalue weighted by atomic mass is 19.1. The van der Waals surface area contributed by atoms with Crippen molar-refractivity contribution in [1.82, 2.24) is 10.3 Å². The first-order valence-electron chi connectivity index (χ1n) is 8.80. The van der Waals surface area contributed by atoms with E-state index in [9.17, 15) is 14.0 Å². The van der Waals surface area contributed by atoms with Crippen molar-refractivity contribution in [2.75, 3.05) is 13.7 Å². The average Bonchev–Trinajstić information content (AvgIpc) is 2.93. The standard InChI is InChI=1S/C19H22FN3O4/c1-3-11-14(23-18(25)16(11)20)5-7-27-19-12-9-15(26-2)13(17(21)24)8-10(12)4-6-22-19/h4,6,8-9,11,14,16H,3,5,7H2,1-2H3,(H2,21,24)(H,23,25)/t11-,14+,16+/m0/s1. The van der Waals surface area contributed by atoms with Crippen LogP contribution in [0.5, 0.6) is 11.6 Å². The first kappa shape index (κ1) is 18.9. The van der Waals surface area contributed by atoms with Crippen molar-refractivity contribution in [1.29, 1.82) is 0 Å². The van der Waals surface area contributed by atoms with Gasteiger partial charge in [0, 0.05) is 30.0 Å². The van der Waals surface area contributed by atoms with Crippen LogP contribution in [0.2, 0.25) is 0 Å². The van der Waals surface area contributed by atoms with Crippen molar-refractivity contribution in [2.24, 2.45) is 11.7 Å². The highest BCUT2D eigenvalue weighted by molar-refractivity contribution is 6.01. The Balaban J connectivity index is 1.77. The van der Waals surface area contributed by atoms with Gasteiger partial charge >= 0.3 is 0 Å². The highest BCUT2D eigenvalue weighted by Crippen LogP contribution is 2.31. The van der Waals surface area contributed by atoms with E-state index in [1.54, 1.807) is 24.4 Å². The molecule has 3 atom stereocenters. The molecule has 0 bridgehead atoms. The number of methoxy groups -OCH3 is 1. The number of benzene rings is 1. The van der Waals surface area contributed by atoms with Crippen molar-refractivity contribution >= 4 is 22.6 Å². The minimum Gasteiger partial charge on any atom is -0.496 e. The Bertz CT molecular complexity index is 873. The molecule has 1 aliphatic heterocycles. The number of halogens is 1. The van der Waals surface area contributed by atoms with Crippen LogP contribution in [-0.2, 0) is 4.79 Å². The van der Waals surface area contributed by atoms with E-state index in [2.05, 4.69) is 10.3 Å². The number of aromatic nitrogens is 1. The van der Waals surface area contributed by atoms with Crippen molar-refractivity contribution in [2.45, 2.75) is 32.0 Å². The minimum absolute atomic E-state index is 0.261. The van der Waals surface area contributed by atoms with Crippen LogP contribution in [0.4, 0.5) is 4.39 Å². The van der Waals surface area contributed by atoms with E-state index in [-0.39, 0.29) is 24.1 Å². The van der Waals surface area contributed by atoms with Gasteiger partial charge in [0.05, 0.1) is 19.3 Å². The van der Waals surface area contributed by atoms with Crippen LogP contribution in [0.15, 0.2) is 24.4 Å². The van der Waals surface area contributed by atoms with Crippen molar-refractivity contribution in [3.8, 4) is 11.6 Å². The summed E-state index contributed by atoms with van der Waals surface area (Å²) in [6.45, 7) is 2.13. The Hall–Kier alpha value is -2.90. The maximum Gasteiger partial charge on any atom is 0.255 e. The number of carbonyl (C=O) groups is 2. The number of nitrogens with two attached hydrogens (primary N) is 1. The maximum atomic E-state index is 13.9. The molecule has 0 aliphatic carbocycles. The molecule has 0 saturated carbocycles. The highest BCUT2D eigenvalue weighted by Gasteiger charge is 2.41. The molecular weight excluding hydrogens is 353 g/mol. The number of ether oxygens (including phenoxy) is 2. The third-order valence-electron chi connectivity index (χ3n) is 4.92. The summed E-state index contributed by atoms with van der Waals surface area (Å²) < 4.78 is 24.9. The molecule has 1 aromatic heterocycles. The zero-order chi connectivity index (χ0) is 19.6. The van der Waals surface area contributed by atoms with Crippen molar-refractivity contribution in [3.63, 3.8) is 0 Å². The summed E-state index contributed by atoms with van der Waals surface area (Å²) in [4.78, 5) is 27.3. The number of amides is 2. The molecule has 0 radical (unpaired) electrons. The molecule has 2 heterocycles. The van der Waals surface area contributed by atoms with E-state index >= 15 is 0 Å². The van der Waals surface area contributed by atoms with Gasteiger partial charge in [0.25, 0.3) is 11.8 Å². The molecule has 8 heteroatoms. The molecule has 1 aromatic carbocycles. The summed E-state index contributed by atoms with van der Waals surface area (Å²) in [5, 5.41) is 4.09. The molecule has 2 amide bonds. The molecule has 7 nitrogen and oxygen atoms in total. The lowest BCUT2D eigenvalue weighted by molar-refractivity contribution is -0.123. The predicted molar refractivity (Wildman–Crippen MR) is 97.5 cm³/mol. The Morgan fingerprint density at radius 1 is 1.41 bits per heavy atom. The summed E-state index contributed by atoms with van der Waals surface area (Å²) in [5.74, 6) is -0.784. The van der Waals surface area contributed by atoms with Crippen LogP contribution >= 0.6 is 0 Å². The second-order valence-corrected chi connectivity index (χ2v) is 6.48. The Morgan fingerprint density at radius 3 is 2.85 bits per heavy atom. The number of primary amides is 1. The molecule has 27 heavy (non-hydrogen) atoms. The third kappa shape index (κ3) is 3.65. The number of rotatable bonds is 7. The molecular formula is C19H22FN3O4. The van der Waals surface area contributed by atoms with Crippen LogP contribution in [0.25, 0.3) is 10.8 Å². The lowest BCUT2D eigenvalue weighted by Crippen LogP contribution is -2.30. The molecule has 2 aromatic rings. The Morgan fingerprint density at radius 2 is 2.19 bits per heavy atom. The number of hydrogen-bond donors (Lipinski definition) is 2. The number of nitrogens with one attached hydrogen (secondary N) is 1. The number of hydrogen-bond acceptors (Lipinski definition) is 5. The Kier molecular flexibility index (Phi) is 5.43. The first-order chi connectivity index (χ1) is 13.0. The van der Waals surface area contributed by atoms with Gasteiger partial charge < -0.3 is 20.5 Å². The summed E-state index contributed by atoms with van der Waals surface area (Å²) in [6, 6.07) is 4.76. The van der Waals surface area contributed by atoms with Gasteiger partial charge in [-0.05, 0) is 30.0 Å². The predicted octanol–water partition coefficient (Wildman–Crippen LogP) is 1.97. The summed E-state index contributed by atoms with van der Waals surface area (Å²) in [5.41, 5.74) is 5.66. The molecule has 144 valence electrons. The topological polar surface area (TPSA) is 104 Å². The van der Waals surface area contributed by atoms with Crippen molar-refractivity contribution < 1.29 is 23.5 Å². The summed E-state index contributed by atoms with van der Waals surface area (Å²) in [6.07, 6.45) is 1.15. The lowest BCUT2D eigenvalue weighted by atomic mass is 9.94. The fraction of sp³-hybridized carbons (Fsp3) is 0.421. The molecule has 3 N–H and O–H groups in total. The van der Waals surface area contributed by atoms with Gasteiger partial charge in [-0.25, -0.2) is 9.37 Å². The second-order valence-electron chi connectivity index (χ2n) is 6.48. The molecule has 1 saturated heterocycles. The van der Waals surface area contributed by atoms with Gasteiger partial charge in [-0.2, -0.15) is 0 Å². The van der Waals surface area contributed by atoms with E-state index in [0.29, 0.717) is 29.9 Å². The zero-order valence-corrected chi connectivity index (χ0v) is 15.2. The van der Waals surface area contributed by atoms with E-state index in [4.69, 9.17) is 15.2 Å². The van der Waals surface area contributed by atoms with Crippen molar-refractivity contribution in [3.05, 3.63) is 30.0 Å². The smallest absolute Gasteiger partial charge is 0.255 e. The summed E-state index contributed by atoms with van der Waals surface area (Å²) in [7, 11) is 1.45. The number of alkyl halides is 1. The van der Waals surface area contributed by atoms with Crippen LogP contribution in [0.3, 0.4) is 0 Å². The van der Waals surface area contributed by atoms with Gasteiger partial charge in [0.1, 0.15) is 5.75 Å². The van der Waals surface area contributed by atoms with Crippen LogP contribution < -0.4 is 20.5 Å². The van der Waals surface area contributed by atoms with Gasteiger partial charge in [0.2, 0.25) is 5.88 Å². The Labute approximate surface area is 156 Å². The van der Waals surface area contributed by atoms with Gasteiger partial charge in [-0.1, -0.05) is 6.92 Å². The normalized spacial score (nSPS) is 21.9. The number of pyridine rings is 1. The number of carbonyl (C=O) groups excluding carboxylic acids is 2. The van der Waals surface area contributed by atoms with Gasteiger partial charge in [0.15, 0.2) is 6.17 Å².